The minimum absolute atomic E-state index is 0.0471. The lowest BCUT2D eigenvalue weighted by atomic mass is 10.2. The third-order valence-electron chi connectivity index (χ3n) is 2.17. The highest BCUT2D eigenvalue weighted by Gasteiger charge is 2.13. The van der Waals surface area contributed by atoms with Gasteiger partial charge >= 0.3 is 0 Å². The maximum atomic E-state index is 12.7. The van der Waals surface area contributed by atoms with Crippen LogP contribution in [0.25, 0.3) is 0 Å². The Balaban J connectivity index is 2.52. The van der Waals surface area contributed by atoms with Gasteiger partial charge in [0.15, 0.2) is 0 Å². The fourth-order valence-electron chi connectivity index (χ4n) is 1.40. The predicted molar refractivity (Wildman–Crippen MR) is 70.3 cm³/mol. The van der Waals surface area contributed by atoms with E-state index in [0.29, 0.717) is 5.56 Å². The van der Waals surface area contributed by atoms with Crippen LogP contribution < -0.4 is 10.0 Å². The van der Waals surface area contributed by atoms with Gasteiger partial charge < -0.3 is 5.32 Å². The van der Waals surface area contributed by atoms with Gasteiger partial charge in [0.2, 0.25) is 15.9 Å². The molecule has 0 saturated carbocycles. The highest BCUT2D eigenvalue weighted by atomic mass is 32.2. The van der Waals surface area contributed by atoms with Crippen LogP contribution in [0, 0.1) is 5.82 Å². The summed E-state index contributed by atoms with van der Waals surface area (Å²) in [5, 5.41) is 2.57. The molecule has 5 nitrogen and oxygen atoms in total. The molecule has 0 aliphatic heterocycles. The number of carbonyl (C=O) groups excluding carboxylic acids is 1. The lowest BCUT2D eigenvalue weighted by molar-refractivity contribution is -0.120. The molecule has 1 aromatic rings. The van der Waals surface area contributed by atoms with Crippen molar-refractivity contribution in [2.45, 2.75) is 25.6 Å². The molecule has 0 saturated heterocycles. The van der Waals surface area contributed by atoms with E-state index in [4.69, 9.17) is 0 Å². The van der Waals surface area contributed by atoms with Gasteiger partial charge in [0.25, 0.3) is 0 Å². The van der Waals surface area contributed by atoms with Gasteiger partial charge in [0.1, 0.15) is 5.82 Å². The fraction of sp³-hybridized carbons (Fsp3) is 0.417. The SMILES string of the molecule is CC(C)NC(=O)CNS(=O)(=O)Cc1ccc(F)cc1. The summed E-state index contributed by atoms with van der Waals surface area (Å²) in [5.74, 6) is -1.11. The second-order valence-electron chi connectivity index (χ2n) is 4.43. The third-order valence-corrected chi connectivity index (χ3v) is 3.47. The summed E-state index contributed by atoms with van der Waals surface area (Å²) in [6.45, 7) is 3.26. The number of nitrogens with one attached hydrogen (secondary N) is 2. The lowest BCUT2D eigenvalue weighted by Gasteiger charge is -2.09. The molecule has 19 heavy (non-hydrogen) atoms. The average molecular weight is 288 g/mol. The molecule has 0 aliphatic rings. The number of hydrogen-bond acceptors (Lipinski definition) is 3. The number of rotatable bonds is 6. The molecule has 0 aliphatic carbocycles. The van der Waals surface area contributed by atoms with Crippen LogP contribution in [0.1, 0.15) is 19.4 Å². The van der Waals surface area contributed by atoms with Gasteiger partial charge in [-0.3, -0.25) is 4.79 Å². The fourth-order valence-corrected chi connectivity index (χ4v) is 2.48. The summed E-state index contributed by atoms with van der Waals surface area (Å²) in [7, 11) is -3.61. The van der Waals surface area contributed by atoms with Crippen molar-refractivity contribution in [1.29, 1.82) is 0 Å². The van der Waals surface area contributed by atoms with Gasteiger partial charge in [-0.1, -0.05) is 12.1 Å². The smallest absolute Gasteiger partial charge is 0.235 e. The highest BCUT2D eigenvalue weighted by Crippen LogP contribution is 2.06. The molecule has 0 bridgehead atoms. The van der Waals surface area contributed by atoms with Crippen LogP contribution in [0.15, 0.2) is 24.3 Å². The molecule has 0 fully saturated rings. The Kier molecular flexibility index (Phi) is 5.44. The molecule has 0 unspecified atom stereocenters. The molecule has 106 valence electrons. The van der Waals surface area contributed by atoms with Crippen molar-refractivity contribution in [3.8, 4) is 0 Å². The molecular formula is C12H17FN2O3S. The molecule has 0 spiro atoms. The van der Waals surface area contributed by atoms with Crippen molar-refractivity contribution in [2.75, 3.05) is 6.54 Å². The van der Waals surface area contributed by atoms with Crippen LogP contribution in [0.4, 0.5) is 4.39 Å². The Morgan fingerprint density at radius 1 is 1.26 bits per heavy atom. The Hall–Kier alpha value is -1.47. The van der Waals surface area contributed by atoms with Gasteiger partial charge in [-0.05, 0) is 31.5 Å². The molecule has 0 radical (unpaired) electrons. The van der Waals surface area contributed by atoms with Crippen molar-refractivity contribution in [3.63, 3.8) is 0 Å². The van der Waals surface area contributed by atoms with E-state index < -0.39 is 21.7 Å². The van der Waals surface area contributed by atoms with Crippen molar-refractivity contribution in [2.24, 2.45) is 0 Å². The van der Waals surface area contributed by atoms with E-state index in [2.05, 4.69) is 10.0 Å². The number of halogens is 1. The van der Waals surface area contributed by atoms with E-state index in [1.54, 1.807) is 13.8 Å². The van der Waals surface area contributed by atoms with Gasteiger partial charge in [-0.2, -0.15) is 0 Å². The van der Waals surface area contributed by atoms with Crippen molar-refractivity contribution in [3.05, 3.63) is 35.6 Å². The molecular weight excluding hydrogens is 271 g/mol. The van der Waals surface area contributed by atoms with E-state index in [-0.39, 0.29) is 18.3 Å². The summed E-state index contributed by atoms with van der Waals surface area (Å²) < 4.78 is 38.3. The van der Waals surface area contributed by atoms with Gasteiger partial charge in [0, 0.05) is 6.04 Å². The summed E-state index contributed by atoms with van der Waals surface area (Å²) >= 11 is 0. The Morgan fingerprint density at radius 2 is 1.84 bits per heavy atom. The van der Waals surface area contributed by atoms with Crippen LogP contribution in [-0.2, 0) is 20.6 Å². The minimum Gasteiger partial charge on any atom is -0.353 e. The second-order valence-corrected chi connectivity index (χ2v) is 6.24. The van der Waals surface area contributed by atoms with E-state index in [9.17, 15) is 17.6 Å². The Labute approximate surface area is 112 Å². The van der Waals surface area contributed by atoms with E-state index in [1.807, 2.05) is 0 Å². The molecule has 1 rings (SSSR count). The zero-order valence-corrected chi connectivity index (χ0v) is 11.6. The largest absolute Gasteiger partial charge is 0.353 e. The maximum absolute atomic E-state index is 12.7. The third kappa shape index (κ3) is 6.30. The second kappa shape index (κ2) is 6.63. The zero-order valence-electron chi connectivity index (χ0n) is 10.8. The number of carbonyl (C=O) groups is 1. The van der Waals surface area contributed by atoms with E-state index in [0.717, 1.165) is 0 Å². The van der Waals surface area contributed by atoms with E-state index >= 15 is 0 Å². The number of hydrogen-bond donors (Lipinski definition) is 2. The Bertz CT molecular complexity index is 526. The first-order chi connectivity index (χ1) is 8.78. The zero-order chi connectivity index (χ0) is 14.5. The van der Waals surface area contributed by atoms with Crippen molar-refractivity contribution < 1.29 is 17.6 Å². The number of benzene rings is 1. The topological polar surface area (TPSA) is 75.3 Å². The van der Waals surface area contributed by atoms with Crippen LogP contribution in [-0.4, -0.2) is 26.9 Å². The van der Waals surface area contributed by atoms with Crippen LogP contribution in [0.3, 0.4) is 0 Å². The number of amides is 1. The first-order valence-corrected chi connectivity index (χ1v) is 7.45. The standard InChI is InChI=1S/C12H17FN2O3S/c1-9(2)15-12(16)7-14-19(17,18)8-10-3-5-11(13)6-4-10/h3-6,9,14H,7-8H2,1-2H3,(H,15,16). The maximum Gasteiger partial charge on any atom is 0.235 e. The summed E-state index contributed by atoms with van der Waals surface area (Å²) in [4.78, 5) is 11.3. The average Bonchev–Trinajstić information content (AvgIpc) is 2.29. The lowest BCUT2D eigenvalue weighted by Crippen LogP contribution is -2.40. The number of sulfonamides is 1. The van der Waals surface area contributed by atoms with Gasteiger partial charge in [0.05, 0.1) is 12.3 Å². The molecule has 7 heteroatoms. The minimum atomic E-state index is -3.61. The first kappa shape index (κ1) is 15.6. The van der Waals surface area contributed by atoms with Crippen LogP contribution in [0.2, 0.25) is 0 Å². The van der Waals surface area contributed by atoms with E-state index in [1.165, 1.54) is 24.3 Å². The first-order valence-electron chi connectivity index (χ1n) is 5.79. The van der Waals surface area contributed by atoms with Crippen LogP contribution >= 0.6 is 0 Å². The summed E-state index contributed by atoms with van der Waals surface area (Å²) in [6, 6.07) is 5.12. The molecule has 0 aromatic heterocycles. The summed E-state index contributed by atoms with van der Waals surface area (Å²) in [6.07, 6.45) is 0. The molecule has 1 aromatic carbocycles. The predicted octanol–water partition coefficient (Wildman–Crippen LogP) is 0.770. The monoisotopic (exact) mass is 288 g/mol. The molecule has 0 heterocycles. The highest BCUT2D eigenvalue weighted by molar-refractivity contribution is 7.88. The molecule has 2 N–H and O–H groups in total. The van der Waals surface area contributed by atoms with Gasteiger partial charge in [-0.15, -0.1) is 0 Å². The Morgan fingerprint density at radius 3 is 2.37 bits per heavy atom. The van der Waals surface area contributed by atoms with Crippen molar-refractivity contribution >= 4 is 15.9 Å². The normalized spacial score (nSPS) is 11.6. The van der Waals surface area contributed by atoms with Crippen LogP contribution in [0.5, 0.6) is 0 Å². The van der Waals surface area contributed by atoms with Gasteiger partial charge in [-0.25, -0.2) is 17.5 Å². The van der Waals surface area contributed by atoms with Crippen molar-refractivity contribution in [1.82, 2.24) is 10.0 Å². The molecule has 0 atom stereocenters. The quantitative estimate of drug-likeness (QED) is 0.812. The molecule has 1 amide bonds. The summed E-state index contributed by atoms with van der Waals surface area (Å²) in [5.41, 5.74) is 0.457.